The first-order chi connectivity index (χ1) is 11.2. The number of hydrogen-bond acceptors (Lipinski definition) is 3. The van der Waals surface area contributed by atoms with Gasteiger partial charge in [0.25, 0.3) is 0 Å². The molecule has 1 aromatic rings. The molecule has 3 rings (SSSR count). The van der Waals surface area contributed by atoms with Crippen molar-refractivity contribution in [3.8, 4) is 0 Å². The number of thioether (sulfide) groups is 1. The van der Waals surface area contributed by atoms with Crippen molar-refractivity contribution < 1.29 is 14.7 Å². The maximum absolute atomic E-state index is 12.5. The van der Waals surface area contributed by atoms with Crippen LogP contribution in [0, 0.1) is 11.3 Å². The summed E-state index contributed by atoms with van der Waals surface area (Å²) in [5.41, 5.74) is 1.39. The Hall–Kier alpha value is -1.49. The Balaban J connectivity index is 1.84. The zero-order valence-electron chi connectivity index (χ0n) is 14.5. The number of rotatable bonds is 2. The lowest BCUT2D eigenvalue weighted by Gasteiger charge is -2.45. The number of carbonyl (C=O) groups excluding carboxylic acids is 1. The maximum Gasteiger partial charge on any atom is 0.335 e. The minimum Gasteiger partial charge on any atom is -0.478 e. The quantitative estimate of drug-likeness (QED) is 0.861. The molecule has 1 spiro atoms. The minimum atomic E-state index is -0.941. The lowest BCUT2D eigenvalue weighted by atomic mass is 9.71. The van der Waals surface area contributed by atoms with Gasteiger partial charge in [-0.3, -0.25) is 9.69 Å². The van der Waals surface area contributed by atoms with Crippen molar-refractivity contribution in [2.45, 2.75) is 51.3 Å². The summed E-state index contributed by atoms with van der Waals surface area (Å²) in [6, 6.07) is 6.71. The van der Waals surface area contributed by atoms with E-state index in [0.29, 0.717) is 17.1 Å². The van der Waals surface area contributed by atoms with E-state index in [4.69, 9.17) is 5.11 Å². The van der Waals surface area contributed by atoms with E-state index < -0.39 is 5.97 Å². The Morgan fingerprint density at radius 1 is 1.21 bits per heavy atom. The molecule has 0 aromatic heterocycles. The van der Waals surface area contributed by atoms with Gasteiger partial charge in [-0.1, -0.05) is 20.8 Å². The molecular formula is C19H25NO3S. The molecule has 1 aliphatic heterocycles. The molecule has 1 amide bonds. The highest BCUT2D eigenvalue weighted by molar-refractivity contribution is 8.02. The van der Waals surface area contributed by atoms with Gasteiger partial charge in [0.1, 0.15) is 0 Å². The van der Waals surface area contributed by atoms with Crippen LogP contribution in [0.4, 0.5) is 5.69 Å². The summed E-state index contributed by atoms with van der Waals surface area (Å²) in [6.45, 7) is 6.89. The third-order valence-electron chi connectivity index (χ3n) is 5.49. The number of carboxylic acids is 1. The standard InChI is InChI=1S/C19H25NO3S/c1-18(2,3)14-8-10-19(11-9-14)20(16(21)12-24-19)15-6-4-13(5-7-15)17(22)23/h4-7,14H,8-12H2,1-3H3,(H,22,23). The smallest absolute Gasteiger partial charge is 0.335 e. The van der Waals surface area contributed by atoms with Crippen molar-refractivity contribution >= 4 is 29.3 Å². The van der Waals surface area contributed by atoms with Crippen LogP contribution in [-0.2, 0) is 4.79 Å². The van der Waals surface area contributed by atoms with Crippen molar-refractivity contribution in [2.24, 2.45) is 11.3 Å². The molecule has 1 N–H and O–H groups in total. The summed E-state index contributed by atoms with van der Waals surface area (Å²) < 4.78 is 0. The Bertz CT molecular complexity index is 640. The molecule has 4 nitrogen and oxygen atoms in total. The van der Waals surface area contributed by atoms with Crippen LogP contribution < -0.4 is 4.90 Å². The number of nitrogens with zero attached hydrogens (tertiary/aromatic N) is 1. The second-order valence-electron chi connectivity index (χ2n) is 7.96. The predicted molar refractivity (Wildman–Crippen MR) is 97.5 cm³/mol. The molecule has 1 saturated heterocycles. The Morgan fingerprint density at radius 2 is 1.79 bits per heavy atom. The van der Waals surface area contributed by atoms with Gasteiger partial charge in [0.2, 0.25) is 5.91 Å². The van der Waals surface area contributed by atoms with Crippen molar-refractivity contribution in [3.05, 3.63) is 29.8 Å². The first kappa shape index (κ1) is 17.3. The summed E-state index contributed by atoms with van der Waals surface area (Å²) in [4.78, 5) is 25.4. The summed E-state index contributed by atoms with van der Waals surface area (Å²) in [6.07, 6.45) is 4.28. The number of hydrogen-bond donors (Lipinski definition) is 1. The average Bonchev–Trinajstić information content (AvgIpc) is 2.83. The lowest BCUT2D eigenvalue weighted by Crippen LogP contribution is -2.48. The normalized spacial score (nSPS) is 27.7. The summed E-state index contributed by atoms with van der Waals surface area (Å²) in [5, 5.41) is 9.06. The van der Waals surface area contributed by atoms with Crippen LogP contribution in [0.3, 0.4) is 0 Å². The number of anilines is 1. The van der Waals surface area contributed by atoms with Crippen LogP contribution in [0.5, 0.6) is 0 Å². The first-order valence-electron chi connectivity index (χ1n) is 8.53. The molecule has 24 heavy (non-hydrogen) atoms. The fourth-order valence-corrected chi connectivity index (χ4v) is 5.37. The summed E-state index contributed by atoms with van der Waals surface area (Å²) in [7, 11) is 0. The molecule has 1 saturated carbocycles. The average molecular weight is 347 g/mol. The van der Waals surface area contributed by atoms with Gasteiger partial charge in [0.05, 0.1) is 16.2 Å². The number of carbonyl (C=O) groups is 2. The topological polar surface area (TPSA) is 57.6 Å². The van der Waals surface area contributed by atoms with Crippen LogP contribution in [0.15, 0.2) is 24.3 Å². The van der Waals surface area contributed by atoms with Gasteiger partial charge in [-0.2, -0.15) is 0 Å². The molecule has 1 heterocycles. The highest BCUT2D eigenvalue weighted by atomic mass is 32.2. The van der Waals surface area contributed by atoms with Crippen LogP contribution >= 0.6 is 11.8 Å². The fraction of sp³-hybridized carbons (Fsp3) is 0.579. The SMILES string of the molecule is CC(C)(C)C1CCC2(CC1)SCC(=O)N2c1ccc(C(=O)O)cc1. The molecule has 5 heteroatoms. The van der Waals surface area contributed by atoms with Gasteiger partial charge in [-0.15, -0.1) is 11.8 Å². The molecule has 0 bridgehead atoms. The Kier molecular flexibility index (Phi) is 4.41. The van der Waals surface area contributed by atoms with Crippen LogP contribution in [0.25, 0.3) is 0 Å². The zero-order chi connectivity index (χ0) is 17.5. The third kappa shape index (κ3) is 3.06. The van der Waals surface area contributed by atoms with E-state index >= 15 is 0 Å². The van der Waals surface area contributed by atoms with Crippen molar-refractivity contribution in [1.82, 2.24) is 0 Å². The fourth-order valence-electron chi connectivity index (χ4n) is 3.99. The van der Waals surface area contributed by atoms with E-state index in [2.05, 4.69) is 20.8 Å². The lowest BCUT2D eigenvalue weighted by molar-refractivity contribution is -0.116. The van der Waals surface area contributed by atoms with Gasteiger partial charge >= 0.3 is 5.97 Å². The van der Waals surface area contributed by atoms with Gasteiger partial charge in [0.15, 0.2) is 0 Å². The molecule has 0 atom stereocenters. The van der Waals surface area contributed by atoms with Gasteiger partial charge in [-0.25, -0.2) is 4.79 Å². The van der Waals surface area contributed by atoms with Crippen LogP contribution in [0.2, 0.25) is 0 Å². The van der Waals surface area contributed by atoms with E-state index in [1.807, 2.05) is 4.90 Å². The molecule has 2 aliphatic rings. The largest absolute Gasteiger partial charge is 0.478 e. The van der Waals surface area contributed by atoms with Crippen LogP contribution in [0.1, 0.15) is 56.8 Å². The Morgan fingerprint density at radius 3 is 2.29 bits per heavy atom. The third-order valence-corrected chi connectivity index (χ3v) is 7.00. The number of benzene rings is 1. The highest BCUT2D eigenvalue weighted by Gasteiger charge is 2.49. The predicted octanol–water partition coefficient (Wildman–Crippen LogP) is 4.40. The maximum atomic E-state index is 12.5. The van der Waals surface area contributed by atoms with Crippen molar-refractivity contribution in [3.63, 3.8) is 0 Å². The summed E-state index contributed by atoms with van der Waals surface area (Å²) >= 11 is 1.76. The monoisotopic (exact) mass is 347 g/mol. The van der Waals surface area contributed by atoms with Gasteiger partial charge in [-0.05, 0) is 61.3 Å². The van der Waals surface area contributed by atoms with Gasteiger partial charge < -0.3 is 5.11 Å². The van der Waals surface area contributed by atoms with Crippen molar-refractivity contribution in [1.29, 1.82) is 0 Å². The molecule has 1 aliphatic carbocycles. The molecule has 2 fully saturated rings. The minimum absolute atomic E-state index is 0.136. The van der Waals surface area contributed by atoms with E-state index in [9.17, 15) is 9.59 Å². The van der Waals surface area contributed by atoms with E-state index in [-0.39, 0.29) is 16.3 Å². The van der Waals surface area contributed by atoms with Gasteiger partial charge in [0, 0.05) is 5.69 Å². The second-order valence-corrected chi connectivity index (χ2v) is 9.29. The first-order valence-corrected chi connectivity index (χ1v) is 9.52. The molecule has 1 aromatic carbocycles. The van der Waals surface area contributed by atoms with E-state index in [1.165, 1.54) is 0 Å². The van der Waals surface area contributed by atoms with E-state index in [0.717, 1.165) is 31.4 Å². The molecule has 130 valence electrons. The zero-order valence-corrected chi connectivity index (χ0v) is 15.4. The number of aromatic carboxylic acids is 1. The Labute approximate surface area is 147 Å². The second kappa shape index (κ2) is 6.10. The number of carboxylic acid groups (broad SMARTS) is 1. The number of amides is 1. The van der Waals surface area contributed by atoms with E-state index in [1.54, 1.807) is 36.0 Å². The molecule has 0 unspecified atom stereocenters. The molecule has 0 radical (unpaired) electrons. The van der Waals surface area contributed by atoms with Crippen molar-refractivity contribution in [2.75, 3.05) is 10.7 Å². The van der Waals surface area contributed by atoms with Crippen LogP contribution in [-0.4, -0.2) is 27.6 Å². The molecular weight excluding hydrogens is 322 g/mol. The summed E-state index contributed by atoms with van der Waals surface area (Å²) in [5.74, 6) is 0.401. The highest BCUT2D eigenvalue weighted by Crippen LogP contribution is 2.52.